The Hall–Kier alpha value is -1.79. The van der Waals surface area contributed by atoms with Gasteiger partial charge in [-0.1, -0.05) is 6.07 Å². The summed E-state index contributed by atoms with van der Waals surface area (Å²) >= 11 is 0. The van der Waals surface area contributed by atoms with Gasteiger partial charge < -0.3 is 18.6 Å². The van der Waals surface area contributed by atoms with Crippen LogP contribution in [0.2, 0.25) is 0 Å². The van der Waals surface area contributed by atoms with Gasteiger partial charge in [-0.2, -0.15) is 0 Å². The number of methoxy groups -OCH3 is 1. The lowest BCUT2D eigenvalue weighted by Gasteiger charge is -2.32. The number of imidazole rings is 1. The molecule has 1 saturated heterocycles. The lowest BCUT2D eigenvalue weighted by molar-refractivity contribution is 0.00578. The average Bonchev–Trinajstić information content (AvgIpc) is 3.30. The molecule has 0 unspecified atom stereocenters. The Bertz CT molecular complexity index is 824. The fraction of sp³-hybridized carbons (Fsp3) is 0.550. The topological polar surface area (TPSA) is 45.5 Å². The van der Waals surface area contributed by atoms with Crippen molar-refractivity contribution in [3.05, 3.63) is 30.2 Å². The predicted molar refractivity (Wildman–Crippen MR) is 103 cm³/mol. The maximum Gasteiger partial charge on any atom is 0.494 e. The molecule has 1 aliphatic heterocycles. The van der Waals surface area contributed by atoms with Gasteiger partial charge in [0.15, 0.2) is 0 Å². The highest BCUT2D eigenvalue weighted by Crippen LogP contribution is 2.41. The van der Waals surface area contributed by atoms with Crippen LogP contribution in [-0.2, 0) is 16.4 Å². The van der Waals surface area contributed by atoms with Gasteiger partial charge in [-0.15, -0.1) is 0 Å². The third-order valence-electron chi connectivity index (χ3n) is 5.88. The van der Waals surface area contributed by atoms with E-state index in [1.807, 2.05) is 12.1 Å². The zero-order valence-corrected chi connectivity index (χ0v) is 16.5. The quantitative estimate of drug-likeness (QED) is 0.791. The molecular formula is C20H27BN2O3. The van der Waals surface area contributed by atoms with Crippen LogP contribution in [0.25, 0.3) is 11.3 Å². The van der Waals surface area contributed by atoms with Crippen molar-refractivity contribution in [2.75, 3.05) is 7.11 Å². The fourth-order valence-electron chi connectivity index (χ4n) is 3.38. The van der Waals surface area contributed by atoms with E-state index in [9.17, 15) is 0 Å². The Balaban J connectivity index is 1.66. The normalized spacial score (nSPS) is 21.2. The Morgan fingerprint density at radius 1 is 1.15 bits per heavy atom. The van der Waals surface area contributed by atoms with Crippen LogP contribution >= 0.6 is 0 Å². The number of hydrogen-bond acceptors (Lipinski definition) is 4. The zero-order valence-electron chi connectivity index (χ0n) is 16.5. The summed E-state index contributed by atoms with van der Waals surface area (Å²) in [6.07, 6.45) is 4.56. The first-order valence-corrected chi connectivity index (χ1v) is 9.29. The molecule has 4 rings (SSSR count). The van der Waals surface area contributed by atoms with Crippen LogP contribution in [0.15, 0.2) is 24.4 Å². The van der Waals surface area contributed by atoms with Crippen molar-refractivity contribution in [2.45, 2.75) is 57.7 Å². The molecule has 1 aliphatic carbocycles. The van der Waals surface area contributed by atoms with Crippen molar-refractivity contribution in [3.8, 4) is 17.0 Å². The van der Waals surface area contributed by atoms with Gasteiger partial charge in [-0.05, 0) is 58.1 Å². The van der Waals surface area contributed by atoms with Crippen LogP contribution in [0.5, 0.6) is 5.75 Å². The molecule has 2 fully saturated rings. The molecule has 1 saturated carbocycles. The SMILES string of the molecule is COc1cc(B2OC(C)(C)C(C)(C)O2)ccc1-c1cn(C)c(C2CC2)n1. The molecule has 2 aliphatic rings. The molecule has 0 spiro atoms. The second-order valence-corrected chi connectivity index (χ2v) is 8.42. The summed E-state index contributed by atoms with van der Waals surface area (Å²) in [5, 5.41) is 0. The number of aryl methyl sites for hydroxylation is 1. The summed E-state index contributed by atoms with van der Waals surface area (Å²) < 4.78 is 20.1. The predicted octanol–water partition coefficient (Wildman–Crippen LogP) is 3.27. The molecule has 0 radical (unpaired) electrons. The van der Waals surface area contributed by atoms with E-state index < -0.39 is 7.12 Å². The number of ether oxygens (including phenoxy) is 1. The van der Waals surface area contributed by atoms with Crippen LogP contribution in [0.1, 0.15) is 52.3 Å². The highest BCUT2D eigenvalue weighted by Gasteiger charge is 2.51. The highest BCUT2D eigenvalue weighted by molar-refractivity contribution is 6.62. The van der Waals surface area contributed by atoms with Gasteiger partial charge in [0.1, 0.15) is 11.6 Å². The third kappa shape index (κ3) is 2.85. The molecule has 1 aromatic heterocycles. The van der Waals surface area contributed by atoms with Crippen LogP contribution in [-0.4, -0.2) is 35.0 Å². The smallest absolute Gasteiger partial charge is 0.494 e. The second kappa shape index (κ2) is 5.86. The van der Waals surface area contributed by atoms with Gasteiger partial charge in [-0.3, -0.25) is 0 Å². The van der Waals surface area contributed by atoms with Crippen molar-refractivity contribution in [2.24, 2.45) is 7.05 Å². The molecule has 0 amide bonds. The second-order valence-electron chi connectivity index (χ2n) is 8.42. The molecule has 0 N–H and O–H groups in total. The first-order chi connectivity index (χ1) is 12.2. The largest absolute Gasteiger partial charge is 0.496 e. The summed E-state index contributed by atoms with van der Waals surface area (Å²) in [4.78, 5) is 4.84. The van der Waals surface area contributed by atoms with E-state index in [4.69, 9.17) is 19.0 Å². The van der Waals surface area contributed by atoms with E-state index in [1.54, 1.807) is 7.11 Å². The zero-order chi connectivity index (χ0) is 18.7. The van der Waals surface area contributed by atoms with E-state index in [1.165, 1.54) is 12.8 Å². The molecule has 0 atom stereocenters. The fourth-order valence-corrected chi connectivity index (χ4v) is 3.38. The number of hydrogen-bond donors (Lipinski definition) is 0. The van der Waals surface area contributed by atoms with Crippen molar-refractivity contribution in [3.63, 3.8) is 0 Å². The van der Waals surface area contributed by atoms with E-state index >= 15 is 0 Å². The lowest BCUT2D eigenvalue weighted by atomic mass is 9.78. The summed E-state index contributed by atoms with van der Waals surface area (Å²) in [6.45, 7) is 8.25. The third-order valence-corrected chi connectivity index (χ3v) is 5.88. The first-order valence-electron chi connectivity index (χ1n) is 9.29. The molecule has 1 aromatic carbocycles. The monoisotopic (exact) mass is 354 g/mol. The first kappa shape index (κ1) is 17.6. The highest BCUT2D eigenvalue weighted by atomic mass is 16.7. The standard InChI is InChI=1S/C20H27BN2O3/c1-19(2)20(3,4)26-21(25-19)14-9-10-15(17(11-14)24-6)16-12-23(5)18(22-16)13-7-8-13/h9-13H,7-8H2,1-6H3. The van der Waals surface area contributed by atoms with E-state index in [2.05, 4.69) is 51.6 Å². The Morgan fingerprint density at radius 3 is 2.38 bits per heavy atom. The van der Waals surface area contributed by atoms with E-state index in [-0.39, 0.29) is 11.2 Å². The minimum atomic E-state index is -0.395. The Kier molecular flexibility index (Phi) is 3.97. The summed E-state index contributed by atoms with van der Waals surface area (Å²) in [7, 11) is 3.36. The number of rotatable bonds is 4. The molecule has 138 valence electrons. The number of aromatic nitrogens is 2. The van der Waals surface area contributed by atoms with Crippen LogP contribution in [0.4, 0.5) is 0 Å². The Labute approximate surface area is 155 Å². The van der Waals surface area contributed by atoms with E-state index in [0.29, 0.717) is 5.92 Å². The maximum absolute atomic E-state index is 6.16. The maximum atomic E-state index is 6.16. The number of benzene rings is 1. The van der Waals surface area contributed by atoms with Crippen LogP contribution in [0, 0.1) is 0 Å². The molecule has 0 bridgehead atoms. The molecule has 2 heterocycles. The molecular weight excluding hydrogens is 327 g/mol. The molecule has 2 aromatic rings. The van der Waals surface area contributed by atoms with Crippen LogP contribution in [0.3, 0.4) is 0 Å². The molecule has 26 heavy (non-hydrogen) atoms. The van der Waals surface area contributed by atoms with Gasteiger partial charge in [0.25, 0.3) is 0 Å². The van der Waals surface area contributed by atoms with Crippen molar-refractivity contribution >= 4 is 12.6 Å². The van der Waals surface area contributed by atoms with Gasteiger partial charge >= 0.3 is 7.12 Å². The number of nitrogens with zero attached hydrogens (tertiary/aromatic N) is 2. The summed E-state index contributed by atoms with van der Waals surface area (Å²) in [6, 6.07) is 6.10. The minimum absolute atomic E-state index is 0.357. The van der Waals surface area contributed by atoms with Crippen molar-refractivity contribution in [1.82, 2.24) is 9.55 Å². The molecule has 5 nitrogen and oxygen atoms in total. The Morgan fingerprint density at radius 2 is 1.81 bits per heavy atom. The van der Waals surface area contributed by atoms with Gasteiger partial charge in [0, 0.05) is 24.7 Å². The average molecular weight is 354 g/mol. The van der Waals surface area contributed by atoms with Crippen molar-refractivity contribution < 1.29 is 14.0 Å². The lowest BCUT2D eigenvalue weighted by Crippen LogP contribution is -2.41. The summed E-state index contributed by atoms with van der Waals surface area (Å²) in [5.74, 6) is 2.57. The van der Waals surface area contributed by atoms with Gasteiger partial charge in [0.2, 0.25) is 0 Å². The van der Waals surface area contributed by atoms with Gasteiger partial charge in [-0.25, -0.2) is 4.98 Å². The van der Waals surface area contributed by atoms with Crippen LogP contribution < -0.4 is 10.2 Å². The minimum Gasteiger partial charge on any atom is -0.496 e. The van der Waals surface area contributed by atoms with Gasteiger partial charge in [0.05, 0.1) is 24.0 Å². The van der Waals surface area contributed by atoms with Crippen molar-refractivity contribution in [1.29, 1.82) is 0 Å². The molecule has 6 heteroatoms. The summed E-state index contributed by atoms with van der Waals surface area (Å²) in [5.41, 5.74) is 2.19. The van der Waals surface area contributed by atoms with E-state index in [0.717, 1.165) is 28.3 Å².